The lowest BCUT2D eigenvalue weighted by atomic mass is 10.2. The van der Waals surface area contributed by atoms with Gasteiger partial charge in [-0.1, -0.05) is 12.2 Å². The lowest BCUT2D eigenvalue weighted by molar-refractivity contribution is 0.0697. The number of carbonyl (C=O) groups is 1. The molecule has 0 heterocycles. The van der Waals surface area contributed by atoms with Gasteiger partial charge in [-0.05, 0) is 74.7 Å². The summed E-state index contributed by atoms with van der Waals surface area (Å²) in [5.41, 5.74) is 7.50. The van der Waals surface area contributed by atoms with E-state index in [0.29, 0.717) is 19.0 Å². The fraction of sp³-hybridized carbons (Fsp3) is 0.348. The summed E-state index contributed by atoms with van der Waals surface area (Å²) in [6, 6.07) is 13.7. The number of nitrogens with two attached hydrogens (primary N) is 1. The summed E-state index contributed by atoms with van der Waals surface area (Å²) >= 11 is 0. The normalized spacial score (nSPS) is 9.86. The molecule has 158 valence electrons. The van der Waals surface area contributed by atoms with Gasteiger partial charge in [0.05, 0.1) is 25.9 Å². The fourth-order valence-corrected chi connectivity index (χ4v) is 2.22. The average Bonchev–Trinajstić information content (AvgIpc) is 2.71. The molecular weight excluding hydrogens is 370 g/mol. The quantitative estimate of drug-likeness (QED) is 0.319. The third-order valence-electron chi connectivity index (χ3n) is 3.77. The van der Waals surface area contributed by atoms with E-state index in [-0.39, 0.29) is 5.56 Å². The Hall–Kier alpha value is -2.99. The van der Waals surface area contributed by atoms with Crippen LogP contribution in [0.2, 0.25) is 0 Å². The van der Waals surface area contributed by atoms with Crippen molar-refractivity contribution in [2.45, 2.75) is 26.2 Å². The Morgan fingerprint density at radius 3 is 2.10 bits per heavy atom. The van der Waals surface area contributed by atoms with Crippen molar-refractivity contribution in [2.24, 2.45) is 0 Å². The highest BCUT2D eigenvalue weighted by molar-refractivity contribution is 5.87. The molecule has 29 heavy (non-hydrogen) atoms. The summed E-state index contributed by atoms with van der Waals surface area (Å²) in [6.45, 7) is 7.73. The van der Waals surface area contributed by atoms with Gasteiger partial charge in [-0.3, -0.25) is 0 Å². The van der Waals surface area contributed by atoms with Crippen LogP contribution in [0.25, 0.3) is 0 Å². The summed E-state index contributed by atoms with van der Waals surface area (Å²) in [7, 11) is 1.63. The number of aromatic carboxylic acids is 1. The monoisotopic (exact) mass is 401 g/mol. The third kappa shape index (κ3) is 11.4. The number of methoxy groups -OCH3 is 1. The molecule has 0 aromatic heterocycles. The second-order valence-electron chi connectivity index (χ2n) is 6.52. The number of hydrogen-bond acceptors (Lipinski definition) is 5. The second-order valence-corrected chi connectivity index (χ2v) is 6.52. The van der Waals surface area contributed by atoms with Gasteiger partial charge in [0.15, 0.2) is 0 Å². The fourth-order valence-electron chi connectivity index (χ4n) is 2.22. The van der Waals surface area contributed by atoms with Gasteiger partial charge >= 0.3 is 5.97 Å². The Balaban J connectivity index is 0.000000387. The van der Waals surface area contributed by atoms with Crippen LogP contribution in [0.15, 0.2) is 60.7 Å². The predicted octanol–water partition coefficient (Wildman–Crippen LogP) is 4.80. The van der Waals surface area contributed by atoms with E-state index in [0.717, 1.165) is 42.9 Å². The zero-order valence-electron chi connectivity index (χ0n) is 17.2. The molecule has 0 saturated carbocycles. The van der Waals surface area contributed by atoms with Crippen LogP contribution in [0.4, 0.5) is 5.69 Å². The van der Waals surface area contributed by atoms with Crippen molar-refractivity contribution in [1.82, 2.24) is 0 Å². The van der Waals surface area contributed by atoms with E-state index >= 15 is 0 Å². The molecule has 0 saturated heterocycles. The largest absolute Gasteiger partial charge is 0.497 e. The van der Waals surface area contributed by atoms with Crippen molar-refractivity contribution in [3.63, 3.8) is 0 Å². The lowest BCUT2D eigenvalue weighted by Crippen LogP contribution is -2.01. The van der Waals surface area contributed by atoms with Crippen LogP contribution in [0.1, 0.15) is 36.5 Å². The van der Waals surface area contributed by atoms with E-state index in [1.54, 1.807) is 43.5 Å². The standard InChI is InChI=1S/C16H22O4.C7H9NO/c1-13(2)12-19-10-4-3-5-11-20-15-8-6-14(7-9-15)16(17)18;1-9-7-4-2-6(8)3-5-7/h6-9H,1,3-5,10-12H2,2H3,(H,17,18);2-5H,8H2,1H3. The van der Waals surface area contributed by atoms with Gasteiger partial charge in [0.25, 0.3) is 0 Å². The molecule has 0 spiro atoms. The highest BCUT2D eigenvalue weighted by Crippen LogP contribution is 2.13. The van der Waals surface area contributed by atoms with Gasteiger partial charge < -0.3 is 25.1 Å². The smallest absolute Gasteiger partial charge is 0.335 e. The zero-order valence-corrected chi connectivity index (χ0v) is 17.2. The number of ether oxygens (including phenoxy) is 3. The van der Waals surface area contributed by atoms with Crippen LogP contribution in [0.3, 0.4) is 0 Å². The van der Waals surface area contributed by atoms with E-state index < -0.39 is 5.97 Å². The van der Waals surface area contributed by atoms with Crippen molar-refractivity contribution in [1.29, 1.82) is 0 Å². The maximum absolute atomic E-state index is 10.7. The highest BCUT2D eigenvalue weighted by atomic mass is 16.5. The summed E-state index contributed by atoms with van der Waals surface area (Å²) in [4.78, 5) is 10.7. The Morgan fingerprint density at radius 2 is 1.55 bits per heavy atom. The number of rotatable bonds is 11. The first-order chi connectivity index (χ1) is 13.9. The molecule has 0 amide bonds. The first kappa shape index (κ1) is 24.0. The maximum Gasteiger partial charge on any atom is 0.335 e. The molecule has 6 nitrogen and oxygen atoms in total. The number of hydrogen-bond donors (Lipinski definition) is 2. The van der Waals surface area contributed by atoms with Crippen molar-refractivity contribution in [3.05, 3.63) is 66.2 Å². The second kappa shape index (κ2) is 14.1. The molecule has 0 atom stereocenters. The molecular formula is C23H31NO5. The van der Waals surface area contributed by atoms with E-state index in [4.69, 9.17) is 25.1 Å². The van der Waals surface area contributed by atoms with Gasteiger partial charge in [0, 0.05) is 12.3 Å². The Labute approximate surface area is 172 Å². The maximum atomic E-state index is 10.7. The number of unbranched alkanes of at least 4 members (excludes halogenated alkanes) is 2. The molecule has 0 aliphatic rings. The number of nitrogen functional groups attached to an aromatic ring is 1. The minimum absolute atomic E-state index is 0.270. The SMILES string of the molecule is C=C(C)COCCCCCOc1ccc(C(=O)O)cc1.COc1ccc(N)cc1. The Kier molecular flexibility index (Phi) is 11.7. The lowest BCUT2D eigenvalue weighted by Gasteiger charge is -2.07. The molecule has 0 unspecified atom stereocenters. The molecule has 0 radical (unpaired) electrons. The van der Waals surface area contributed by atoms with E-state index in [9.17, 15) is 4.79 Å². The molecule has 0 aliphatic carbocycles. The summed E-state index contributed by atoms with van der Waals surface area (Å²) in [5, 5.41) is 8.77. The molecule has 0 bridgehead atoms. The first-order valence-corrected chi connectivity index (χ1v) is 9.50. The molecule has 2 aromatic carbocycles. The van der Waals surface area contributed by atoms with Gasteiger partial charge in [0.2, 0.25) is 0 Å². The highest BCUT2D eigenvalue weighted by Gasteiger charge is 2.01. The van der Waals surface area contributed by atoms with Crippen LogP contribution in [0.5, 0.6) is 11.5 Å². The summed E-state index contributed by atoms with van der Waals surface area (Å²) in [5.74, 6) is 0.615. The van der Waals surface area contributed by atoms with Gasteiger partial charge in [-0.2, -0.15) is 0 Å². The Morgan fingerprint density at radius 1 is 0.966 bits per heavy atom. The van der Waals surface area contributed by atoms with Crippen LogP contribution in [0, 0.1) is 0 Å². The van der Waals surface area contributed by atoms with Crippen LogP contribution in [-0.2, 0) is 4.74 Å². The van der Waals surface area contributed by atoms with Gasteiger partial charge in [0.1, 0.15) is 11.5 Å². The van der Waals surface area contributed by atoms with Crippen molar-refractivity contribution < 1.29 is 24.1 Å². The summed E-state index contributed by atoms with van der Waals surface area (Å²) in [6.07, 6.45) is 3.01. The molecule has 3 N–H and O–H groups in total. The van der Waals surface area contributed by atoms with Crippen LogP contribution in [-0.4, -0.2) is 38.0 Å². The predicted molar refractivity (Wildman–Crippen MR) is 116 cm³/mol. The van der Waals surface area contributed by atoms with Gasteiger partial charge in [-0.15, -0.1) is 0 Å². The molecule has 6 heteroatoms. The zero-order chi connectivity index (χ0) is 21.5. The number of carboxylic acid groups (broad SMARTS) is 1. The molecule has 2 rings (SSSR count). The first-order valence-electron chi connectivity index (χ1n) is 9.50. The number of anilines is 1. The minimum atomic E-state index is -0.925. The average molecular weight is 402 g/mol. The van der Waals surface area contributed by atoms with E-state index in [1.807, 2.05) is 19.1 Å². The molecule has 2 aromatic rings. The Bertz CT molecular complexity index is 726. The van der Waals surface area contributed by atoms with Gasteiger partial charge in [-0.25, -0.2) is 4.79 Å². The third-order valence-corrected chi connectivity index (χ3v) is 3.77. The topological polar surface area (TPSA) is 91.0 Å². The van der Waals surface area contributed by atoms with Crippen LogP contribution >= 0.6 is 0 Å². The summed E-state index contributed by atoms with van der Waals surface area (Å²) < 4.78 is 15.9. The molecule has 0 fully saturated rings. The van der Waals surface area contributed by atoms with E-state index in [1.165, 1.54) is 0 Å². The van der Waals surface area contributed by atoms with Crippen molar-refractivity contribution in [2.75, 3.05) is 32.7 Å². The van der Waals surface area contributed by atoms with Crippen molar-refractivity contribution >= 4 is 11.7 Å². The number of benzene rings is 2. The minimum Gasteiger partial charge on any atom is -0.497 e. The van der Waals surface area contributed by atoms with Crippen molar-refractivity contribution in [3.8, 4) is 11.5 Å². The number of carboxylic acids is 1. The van der Waals surface area contributed by atoms with Crippen LogP contribution < -0.4 is 15.2 Å². The molecule has 0 aliphatic heterocycles. The van der Waals surface area contributed by atoms with E-state index in [2.05, 4.69) is 6.58 Å².